The van der Waals surface area contributed by atoms with E-state index in [4.69, 9.17) is 4.74 Å². The maximum absolute atomic E-state index is 13.7. The molecule has 0 spiro atoms. The van der Waals surface area contributed by atoms with E-state index >= 15 is 0 Å². The van der Waals surface area contributed by atoms with E-state index in [9.17, 15) is 13.6 Å². The van der Waals surface area contributed by atoms with Gasteiger partial charge in [0.2, 0.25) is 0 Å². The van der Waals surface area contributed by atoms with E-state index in [-0.39, 0.29) is 23.9 Å². The number of rotatable bonds is 4. The van der Waals surface area contributed by atoms with Crippen molar-refractivity contribution in [2.24, 2.45) is 0 Å². The molecule has 0 radical (unpaired) electrons. The van der Waals surface area contributed by atoms with Crippen LogP contribution in [0.5, 0.6) is 5.75 Å². The first-order chi connectivity index (χ1) is 15.0. The molecule has 4 aromatic rings. The third-order valence-electron chi connectivity index (χ3n) is 6.17. The lowest BCUT2D eigenvalue weighted by molar-refractivity contribution is 0.0624. The Kier molecular flexibility index (Phi) is 4.21. The Labute approximate surface area is 179 Å². The van der Waals surface area contributed by atoms with E-state index in [1.54, 1.807) is 4.57 Å². The van der Waals surface area contributed by atoms with E-state index < -0.39 is 11.6 Å². The Morgan fingerprint density at radius 3 is 2.71 bits per heavy atom. The van der Waals surface area contributed by atoms with Crippen molar-refractivity contribution in [3.63, 3.8) is 0 Å². The maximum atomic E-state index is 13.7. The van der Waals surface area contributed by atoms with Crippen LogP contribution < -0.4 is 10.4 Å². The second kappa shape index (κ2) is 6.98. The van der Waals surface area contributed by atoms with Crippen LogP contribution in [-0.2, 0) is 6.42 Å². The quantitative estimate of drug-likeness (QED) is 0.476. The SMILES string of the molecule is O=c1n(C2CC(Oc3ccc4sncc4c3)C2)nc2n1[C@H](c1cc(F)cc(F)c1)CC2. The first-order valence-electron chi connectivity index (χ1n) is 10.2. The summed E-state index contributed by atoms with van der Waals surface area (Å²) in [6.07, 6.45) is 4.43. The number of aromatic nitrogens is 4. The average molecular weight is 440 g/mol. The summed E-state index contributed by atoms with van der Waals surface area (Å²) in [7, 11) is 0. The zero-order chi connectivity index (χ0) is 21.1. The van der Waals surface area contributed by atoms with Gasteiger partial charge in [0.05, 0.1) is 16.8 Å². The fraction of sp³-hybridized carbons (Fsp3) is 0.318. The highest BCUT2D eigenvalue weighted by atomic mass is 32.1. The zero-order valence-electron chi connectivity index (χ0n) is 16.4. The number of benzene rings is 2. The molecule has 0 N–H and O–H groups in total. The second-order valence-corrected chi connectivity index (χ2v) is 8.99. The van der Waals surface area contributed by atoms with Crippen molar-refractivity contribution in [1.29, 1.82) is 0 Å². The van der Waals surface area contributed by atoms with Gasteiger partial charge in [0.25, 0.3) is 0 Å². The van der Waals surface area contributed by atoms with Crippen molar-refractivity contribution in [3.05, 3.63) is 76.1 Å². The Bertz CT molecular complexity index is 1340. The highest BCUT2D eigenvalue weighted by molar-refractivity contribution is 7.13. The van der Waals surface area contributed by atoms with Gasteiger partial charge in [0.15, 0.2) is 0 Å². The zero-order valence-corrected chi connectivity index (χ0v) is 17.2. The van der Waals surface area contributed by atoms with Crippen LogP contribution >= 0.6 is 11.5 Å². The Morgan fingerprint density at radius 2 is 1.90 bits per heavy atom. The number of nitrogens with zero attached hydrogens (tertiary/aromatic N) is 4. The molecule has 2 aromatic heterocycles. The lowest BCUT2D eigenvalue weighted by atomic mass is 9.89. The predicted octanol–water partition coefficient (Wildman–Crippen LogP) is 4.25. The molecule has 31 heavy (non-hydrogen) atoms. The monoisotopic (exact) mass is 440 g/mol. The molecule has 2 aromatic carbocycles. The minimum atomic E-state index is -0.640. The fourth-order valence-electron chi connectivity index (χ4n) is 4.59. The Morgan fingerprint density at radius 1 is 1.10 bits per heavy atom. The first kappa shape index (κ1) is 18.7. The van der Waals surface area contributed by atoms with Crippen LogP contribution in [-0.4, -0.2) is 24.8 Å². The molecule has 0 unspecified atom stereocenters. The van der Waals surface area contributed by atoms with Gasteiger partial charge in [-0.1, -0.05) is 0 Å². The molecule has 1 fully saturated rings. The predicted molar refractivity (Wildman–Crippen MR) is 112 cm³/mol. The van der Waals surface area contributed by atoms with Crippen molar-refractivity contribution in [1.82, 2.24) is 18.7 Å². The molecule has 9 heteroatoms. The van der Waals surface area contributed by atoms with Crippen LogP contribution in [0.15, 0.2) is 47.4 Å². The van der Waals surface area contributed by atoms with Crippen molar-refractivity contribution >= 4 is 21.6 Å². The Hall–Kier alpha value is -3.07. The van der Waals surface area contributed by atoms with E-state index in [0.717, 1.165) is 21.9 Å². The van der Waals surface area contributed by atoms with Crippen molar-refractivity contribution in [3.8, 4) is 5.75 Å². The molecule has 158 valence electrons. The molecule has 1 saturated carbocycles. The molecule has 6 rings (SSSR count). The van der Waals surface area contributed by atoms with Gasteiger partial charge in [-0.2, -0.15) is 9.47 Å². The van der Waals surface area contributed by atoms with Crippen LogP contribution in [0, 0.1) is 11.6 Å². The average Bonchev–Trinajstić information content (AvgIpc) is 3.40. The van der Waals surface area contributed by atoms with Gasteiger partial charge >= 0.3 is 5.69 Å². The molecule has 6 nitrogen and oxygen atoms in total. The van der Waals surface area contributed by atoms with Crippen LogP contribution in [0.25, 0.3) is 10.1 Å². The van der Waals surface area contributed by atoms with Crippen LogP contribution in [0.2, 0.25) is 0 Å². The standard InChI is InChI=1S/C22H18F2N4O2S/c23-14-5-12(6-15(24)8-14)19-2-4-21-26-28(22(29)27(19)21)16-9-18(10-16)30-17-1-3-20-13(7-17)11-25-31-20/h1,3,5-8,11,16,18-19H,2,4,9-10H2/t16?,18?,19-/m0/s1. The number of hydrogen-bond donors (Lipinski definition) is 0. The summed E-state index contributed by atoms with van der Waals surface area (Å²) in [6.45, 7) is 0. The molecular formula is C22H18F2N4O2S. The molecule has 1 aliphatic carbocycles. The van der Waals surface area contributed by atoms with Gasteiger partial charge in [-0.25, -0.2) is 18.3 Å². The molecule has 1 aliphatic heterocycles. The number of hydrogen-bond acceptors (Lipinski definition) is 5. The van der Waals surface area contributed by atoms with Crippen molar-refractivity contribution in [2.75, 3.05) is 0 Å². The molecule has 0 bridgehead atoms. The van der Waals surface area contributed by atoms with Gasteiger partial charge in [-0.3, -0.25) is 4.57 Å². The molecule has 2 aliphatic rings. The topological polar surface area (TPSA) is 61.9 Å². The second-order valence-electron chi connectivity index (χ2n) is 8.16. The van der Waals surface area contributed by atoms with Crippen molar-refractivity contribution in [2.45, 2.75) is 43.9 Å². The highest BCUT2D eigenvalue weighted by Crippen LogP contribution is 2.37. The third kappa shape index (κ3) is 3.15. The number of halogens is 2. The fourth-order valence-corrected chi connectivity index (χ4v) is 5.21. The summed E-state index contributed by atoms with van der Waals surface area (Å²) in [5.74, 6) is 0.182. The molecular weight excluding hydrogens is 422 g/mol. The van der Waals surface area contributed by atoms with Crippen molar-refractivity contribution < 1.29 is 13.5 Å². The van der Waals surface area contributed by atoms with Gasteiger partial charge in [-0.05, 0) is 53.8 Å². The highest BCUT2D eigenvalue weighted by Gasteiger charge is 2.37. The molecule has 0 saturated heterocycles. The summed E-state index contributed by atoms with van der Waals surface area (Å²) in [5.41, 5.74) is 0.238. The third-order valence-corrected chi connectivity index (χ3v) is 6.95. The van der Waals surface area contributed by atoms with Crippen LogP contribution in [0.4, 0.5) is 8.78 Å². The smallest absolute Gasteiger partial charge is 0.346 e. The minimum Gasteiger partial charge on any atom is -0.490 e. The van der Waals surface area contributed by atoms with E-state index in [1.165, 1.54) is 28.3 Å². The minimum absolute atomic E-state index is 0.0191. The van der Waals surface area contributed by atoms with E-state index in [2.05, 4.69) is 9.47 Å². The molecule has 0 amide bonds. The number of ether oxygens (including phenoxy) is 1. The van der Waals surface area contributed by atoms with E-state index in [1.807, 2.05) is 24.4 Å². The molecule has 1 atom stereocenters. The summed E-state index contributed by atoms with van der Waals surface area (Å²) in [5, 5.41) is 5.58. The summed E-state index contributed by atoms with van der Waals surface area (Å²) < 4.78 is 41.8. The van der Waals surface area contributed by atoms with E-state index in [0.29, 0.717) is 37.1 Å². The summed E-state index contributed by atoms with van der Waals surface area (Å²) in [6, 6.07) is 8.91. The Balaban J connectivity index is 1.19. The maximum Gasteiger partial charge on any atom is 0.346 e. The number of aryl methyl sites for hydroxylation is 1. The van der Waals surface area contributed by atoms with Gasteiger partial charge < -0.3 is 4.74 Å². The lowest BCUT2D eigenvalue weighted by Gasteiger charge is -2.34. The lowest BCUT2D eigenvalue weighted by Crippen LogP contribution is -2.41. The summed E-state index contributed by atoms with van der Waals surface area (Å²) in [4.78, 5) is 13.1. The van der Waals surface area contributed by atoms with Crippen LogP contribution in [0.3, 0.4) is 0 Å². The molecule has 3 heterocycles. The first-order valence-corrected chi connectivity index (χ1v) is 11.0. The van der Waals surface area contributed by atoms with Gasteiger partial charge in [-0.15, -0.1) is 0 Å². The summed E-state index contributed by atoms with van der Waals surface area (Å²) >= 11 is 1.45. The van der Waals surface area contributed by atoms with Gasteiger partial charge in [0.1, 0.15) is 29.3 Å². The largest absolute Gasteiger partial charge is 0.490 e. The van der Waals surface area contributed by atoms with Gasteiger partial charge in [0, 0.05) is 36.9 Å². The normalized spacial score (nSPS) is 22.5. The number of fused-ring (bicyclic) bond motifs is 2. The van der Waals surface area contributed by atoms with Crippen LogP contribution in [0.1, 0.15) is 42.7 Å².